The molecule has 0 fully saturated rings. The van der Waals surface area contributed by atoms with Crippen molar-refractivity contribution in [1.29, 1.82) is 0 Å². The first kappa shape index (κ1) is 11.6. The van der Waals surface area contributed by atoms with Crippen molar-refractivity contribution < 1.29 is 13.2 Å². The van der Waals surface area contributed by atoms with E-state index in [9.17, 15) is 8.42 Å². The standard InChI is InChI=1S/C7H7Cl2NO3S/c1-13-5-3-2-4(8)7(6(5)9)14(10,11)12/h2-3H,1H3,(H2,10,11,12). The summed E-state index contributed by atoms with van der Waals surface area (Å²) in [6.45, 7) is 0. The highest BCUT2D eigenvalue weighted by Gasteiger charge is 2.20. The third-order valence-corrected chi connectivity index (χ3v) is 3.43. The molecule has 1 aromatic carbocycles. The predicted octanol–water partition coefficient (Wildman–Crippen LogP) is 1.65. The van der Waals surface area contributed by atoms with Crippen LogP contribution >= 0.6 is 23.2 Å². The maximum absolute atomic E-state index is 11.1. The first-order valence-corrected chi connectivity index (χ1v) is 5.73. The van der Waals surface area contributed by atoms with Crippen molar-refractivity contribution >= 4 is 33.2 Å². The van der Waals surface area contributed by atoms with Crippen molar-refractivity contribution in [2.45, 2.75) is 4.90 Å². The van der Waals surface area contributed by atoms with Crippen LogP contribution in [0.3, 0.4) is 0 Å². The van der Waals surface area contributed by atoms with Crippen LogP contribution in [0.2, 0.25) is 10.0 Å². The summed E-state index contributed by atoms with van der Waals surface area (Å²) in [6.07, 6.45) is 0. The second kappa shape index (κ2) is 3.94. The molecule has 0 aliphatic heterocycles. The molecule has 0 aliphatic carbocycles. The number of halogens is 2. The Morgan fingerprint density at radius 1 is 1.36 bits per heavy atom. The minimum atomic E-state index is -3.94. The van der Waals surface area contributed by atoms with Crippen molar-refractivity contribution in [2.75, 3.05) is 7.11 Å². The van der Waals surface area contributed by atoms with E-state index in [-0.39, 0.29) is 20.7 Å². The molecule has 0 aromatic heterocycles. The Hall–Kier alpha value is -0.490. The van der Waals surface area contributed by atoms with E-state index in [0.29, 0.717) is 0 Å². The first-order chi connectivity index (χ1) is 6.38. The normalized spacial score (nSPS) is 11.4. The maximum atomic E-state index is 11.1. The van der Waals surface area contributed by atoms with Crippen LogP contribution in [0, 0.1) is 0 Å². The molecule has 0 aliphatic rings. The molecule has 2 N–H and O–H groups in total. The van der Waals surface area contributed by atoms with Gasteiger partial charge in [-0.25, -0.2) is 13.6 Å². The SMILES string of the molecule is COc1ccc(Cl)c(S(N)(=O)=O)c1Cl. The summed E-state index contributed by atoms with van der Waals surface area (Å²) in [6, 6.07) is 2.81. The molecule has 0 unspecified atom stereocenters. The second-order valence-corrected chi connectivity index (χ2v) is 4.72. The number of methoxy groups -OCH3 is 1. The van der Waals surface area contributed by atoms with Crippen LogP contribution in [0.15, 0.2) is 17.0 Å². The number of rotatable bonds is 2. The van der Waals surface area contributed by atoms with Crippen molar-refractivity contribution in [3.05, 3.63) is 22.2 Å². The summed E-state index contributed by atoms with van der Waals surface area (Å²) in [7, 11) is -2.58. The van der Waals surface area contributed by atoms with Crippen molar-refractivity contribution in [3.8, 4) is 5.75 Å². The number of benzene rings is 1. The molecule has 78 valence electrons. The quantitative estimate of drug-likeness (QED) is 0.874. The highest BCUT2D eigenvalue weighted by atomic mass is 35.5. The molecule has 0 heterocycles. The van der Waals surface area contributed by atoms with E-state index in [1.54, 1.807) is 0 Å². The molecule has 14 heavy (non-hydrogen) atoms. The zero-order chi connectivity index (χ0) is 10.9. The number of hydrogen-bond donors (Lipinski definition) is 1. The van der Waals surface area contributed by atoms with E-state index < -0.39 is 10.0 Å². The zero-order valence-electron chi connectivity index (χ0n) is 7.12. The Balaban J connectivity index is 3.57. The molecule has 0 saturated heterocycles. The van der Waals surface area contributed by atoms with Crippen molar-refractivity contribution in [1.82, 2.24) is 0 Å². The number of hydrogen-bond acceptors (Lipinski definition) is 3. The lowest BCUT2D eigenvalue weighted by atomic mass is 10.3. The van der Waals surface area contributed by atoms with Gasteiger partial charge in [0.15, 0.2) is 0 Å². The van der Waals surface area contributed by atoms with Crippen LogP contribution in [-0.2, 0) is 10.0 Å². The average Bonchev–Trinajstić information content (AvgIpc) is 2.02. The number of primary sulfonamides is 1. The fourth-order valence-electron chi connectivity index (χ4n) is 0.933. The summed E-state index contributed by atoms with van der Waals surface area (Å²) >= 11 is 11.4. The summed E-state index contributed by atoms with van der Waals surface area (Å²) < 4.78 is 27.0. The van der Waals surface area contributed by atoms with E-state index in [0.717, 1.165) is 0 Å². The summed E-state index contributed by atoms with van der Waals surface area (Å²) in [4.78, 5) is -0.319. The van der Waals surface area contributed by atoms with Gasteiger partial charge in [0.2, 0.25) is 10.0 Å². The van der Waals surface area contributed by atoms with Gasteiger partial charge in [0.05, 0.1) is 12.1 Å². The predicted molar refractivity (Wildman–Crippen MR) is 54.4 cm³/mol. The highest BCUT2D eigenvalue weighted by Crippen LogP contribution is 2.35. The molecule has 0 radical (unpaired) electrons. The van der Waals surface area contributed by atoms with Crippen LogP contribution in [0.5, 0.6) is 5.75 Å². The second-order valence-electron chi connectivity index (χ2n) is 2.44. The topological polar surface area (TPSA) is 69.4 Å². The number of sulfonamides is 1. The maximum Gasteiger partial charge on any atom is 0.241 e. The number of ether oxygens (including phenoxy) is 1. The molecule has 0 spiro atoms. The van der Waals surface area contributed by atoms with Crippen LogP contribution in [0.25, 0.3) is 0 Å². The van der Waals surface area contributed by atoms with Crippen LogP contribution in [0.4, 0.5) is 0 Å². The monoisotopic (exact) mass is 255 g/mol. The summed E-state index contributed by atoms with van der Waals surface area (Å²) in [5, 5.41) is 4.79. The fraction of sp³-hybridized carbons (Fsp3) is 0.143. The Labute approximate surface area is 91.6 Å². The van der Waals surface area contributed by atoms with Gasteiger partial charge in [-0.2, -0.15) is 0 Å². The molecule has 4 nitrogen and oxygen atoms in total. The van der Waals surface area contributed by atoms with Gasteiger partial charge < -0.3 is 4.74 Å². The third-order valence-electron chi connectivity index (χ3n) is 1.52. The van der Waals surface area contributed by atoms with E-state index in [4.69, 9.17) is 33.1 Å². The Kier molecular flexibility index (Phi) is 3.26. The Bertz CT molecular complexity index is 458. The molecule has 1 rings (SSSR count). The van der Waals surface area contributed by atoms with Gasteiger partial charge in [0, 0.05) is 0 Å². The highest BCUT2D eigenvalue weighted by molar-refractivity contribution is 7.89. The average molecular weight is 256 g/mol. The van der Waals surface area contributed by atoms with E-state index in [2.05, 4.69) is 0 Å². The molecule has 0 atom stereocenters. The van der Waals surface area contributed by atoms with Crippen LogP contribution in [-0.4, -0.2) is 15.5 Å². The first-order valence-electron chi connectivity index (χ1n) is 3.42. The van der Waals surface area contributed by atoms with Crippen LogP contribution < -0.4 is 9.88 Å². The molecular formula is C7H7Cl2NO3S. The lowest BCUT2D eigenvalue weighted by molar-refractivity contribution is 0.413. The third kappa shape index (κ3) is 2.12. The van der Waals surface area contributed by atoms with Gasteiger partial charge >= 0.3 is 0 Å². The lowest BCUT2D eigenvalue weighted by Crippen LogP contribution is -2.13. The van der Waals surface area contributed by atoms with Crippen molar-refractivity contribution in [2.24, 2.45) is 5.14 Å². The van der Waals surface area contributed by atoms with Crippen LogP contribution in [0.1, 0.15) is 0 Å². The molecule has 0 amide bonds. The summed E-state index contributed by atoms with van der Waals surface area (Å²) in [5.74, 6) is 0.208. The Morgan fingerprint density at radius 3 is 2.36 bits per heavy atom. The summed E-state index contributed by atoms with van der Waals surface area (Å²) in [5.41, 5.74) is 0. The smallest absolute Gasteiger partial charge is 0.241 e. The lowest BCUT2D eigenvalue weighted by Gasteiger charge is -2.08. The minimum Gasteiger partial charge on any atom is -0.495 e. The van der Waals surface area contributed by atoms with Gasteiger partial charge in [0.25, 0.3) is 0 Å². The van der Waals surface area contributed by atoms with E-state index >= 15 is 0 Å². The molecule has 0 bridgehead atoms. The van der Waals surface area contributed by atoms with Gasteiger partial charge in [-0.05, 0) is 12.1 Å². The van der Waals surface area contributed by atoms with E-state index in [1.807, 2.05) is 0 Å². The molecule has 7 heteroatoms. The van der Waals surface area contributed by atoms with Gasteiger partial charge in [-0.3, -0.25) is 0 Å². The molecule has 0 saturated carbocycles. The molecular weight excluding hydrogens is 249 g/mol. The fourth-order valence-corrected chi connectivity index (χ4v) is 2.72. The van der Waals surface area contributed by atoms with Gasteiger partial charge in [0.1, 0.15) is 15.7 Å². The number of nitrogens with two attached hydrogens (primary N) is 1. The largest absolute Gasteiger partial charge is 0.495 e. The van der Waals surface area contributed by atoms with Gasteiger partial charge in [-0.15, -0.1) is 0 Å². The van der Waals surface area contributed by atoms with E-state index in [1.165, 1.54) is 19.2 Å². The molecule has 1 aromatic rings. The minimum absolute atomic E-state index is 0.0294. The van der Waals surface area contributed by atoms with Gasteiger partial charge in [-0.1, -0.05) is 23.2 Å². The van der Waals surface area contributed by atoms with Crippen molar-refractivity contribution in [3.63, 3.8) is 0 Å². The Morgan fingerprint density at radius 2 is 1.93 bits per heavy atom. The zero-order valence-corrected chi connectivity index (χ0v) is 9.45.